The van der Waals surface area contributed by atoms with E-state index in [1.807, 2.05) is 31.3 Å². The van der Waals surface area contributed by atoms with E-state index in [0.29, 0.717) is 12.2 Å². The fourth-order valence-corrected chi connectivity index (χ4v) is 2.31. The third-order valence-electron chi connectivity index (χ3n) is 2.73. The molecule has 1 amide bonds. The predicted octanol–water partition coefficient (Wildman–Crippen LogP) is 2.04. The highest BCUT2D eigenvalue weighted by atomic mass is 79.9. The number of carbonyl (C=O) groups is 1. The monoisotopic (exact) mass is 295 g/mol. The molecule has 0 spiro atoms. The van der Waals surface area contributed by atoms with Gasteiger partial charge in [0.2, 0.25) is 0 Å². The van der Waals surface area contributed by atoms with Gasteiger partial charge in [-0.05, 0) is 6.07 Å². The maximum atomic E-state index is 12.2. The number of aromatic nitrogens is 2. The lowest BCUT2D eigenvalue weighted by Gasteiger charge is -2.13. The molecule has 0 fully saturated rings. The number of alkyl halides is 1. The van der Waals surface area contributed by atoms with Crippen LogP contribution in [-0.2, 0) is 7.05 Å². The Bertz CT molecular complexity index is 550. The van der Waals surface area contributed by atoms with Gasteiger partial charge in [0.05, 0.1) is 5.52 Å². The van der Waals surface area contributed by atoms with Crippen LogP contribution >= 0.6 is 15.9 Å². The van der Waals surface area contributed by atoms with Crippen LogP contribution in [0.15, 0.2) is 24.3 Å². The second-order valence-corrected chi connectivity index (χ2v) is 4.70. The van der Waals surface area contributed by atoms with Gasteiger partial charge in [-0.15, -0.1) is 0 Å². The number of rotatable bonds is 3. The summed E-state index contributed by atoms with van der Waals surface area (Å²) in [5.41, 5.74) is 1.50. The van der Waals surface area contributed by atoms with Gasteiger partial charge in [-0.25, -0.2) is 0 Å². The zero-order chi connectivity index (χ0) is 12.4. The Hall–Kier alpha value is -1.36. The number of nitrogens with zero attached hydrogens (tertiary/aromatic N) is 3. The summed E-state index contributed by atoms with van der Waals surface area (Å²) in [5.74, 6) is -0.0405. The Morgan fingerprint density at radius 3 is 2.88 bits per heavy atom. The van der Waals surface area contributed by atoms with Crippen molar-refractivity contribution < 1.29 is 4.79 Å². The summed E-state index contributed by atoms with van der Waals surface area (Å²) in [7, 11) is 3.64. The average molecular weight is 296 g/mol. The van der Waals surface area contributed by atoms with Crippen molar-refractivity contribution in [3.8, 4) is 0 Å². The van der Waals surface area contributed by atoms with Crippen molar-refractivity contribution in [2.75, 3.05) is 18.9 Å². The van der Waals surface area contributed by atoms with E-state index in [4.69, 9.17) is 0 Å². The van der Waals surface area contributed by atoms with Gasteiger partial charge in [-0.2, -0.15) is 5.10 Å². The van der Waals surface area contributed by atoms with Crippen molar-refractivity contribution in [3.05, 3.63) is 30.0 Å². The zero-order valence-corrected chi connectivity index (χ0v) is 11.4. The summed E-state index contributed by atoms with van der Waals surface area (Å²) in [5, 5.41) is 5.97. The van der Waals surface area contributed by atoms with Gasteiger partial charge in [-0.3, -0.25) is 9.48 Å². The van der Waals surface area contributed by atoms with Crippen LogP contribution in [0.3, 0.4) is 0 Å². The van der Waals surface area contributed by atoms with Crippen LogP contribution in [0, 0.1) is 0 Å². The molecule has 90 valence electrons. The van der Waals surface area contributed by atoms with E-state index in [9.17, 15) is 4.79 Å². The molecule has 0 radical (unpaired) electrons. The fourth-order valence-electron chi connectivity index (χ4n) is 1.78. The number of halogens is 1. The molecule has 1 aromatic heterocycles. The lowest BCUT2D eigenvalue weighted by atomic mass is 10.2. The van der Waals surface area contributed by atoms with Gasteiger partial charge < -0.3 is 4.90 Å². The number of aryl methyl sites for hydroxylation is 1. The molecule has 1 aromatic carbocycles. The van der Waals surface area contributed by atoms with Gasteiger partial charge in [0, 0.05) is 31.4 Å². The Labute approximate surface area is 108 Å². The standard InChI is InChI=1S/C12H14BrN3O/c1-15(8-7-13)12(17)11-9-5-3-4-6-10(9)16(2)14-11/h3-6H,7-8H2,1-2H3. The van der Waals surface area contributed by atoms with E-state index in [1.54, 1.807) is 16.6 Å². The molecule has 0 aliphatic carbocycles. The summed E-state index contributed by atoms with van der Waals surface area (Å²) in [6, 6.07) is 7.76. The number of hydrogen-bond donors (Lipinski definition) is 0. The second kappa shape index (κ2) is 4.87. The summed E-state index contributed by atoms with van der Waals surface area (Å²) >= 11 is 3.33. The van der Waals surface area contributed by atoms with Gasteiger partial charge in [0.25, 0.3) is 5.91 Å². The molecule has 0 aliphatic rings. The molecule has 4 nitrogen and oxygen atoms in total. The summed E-state index contributed by atoms with van der Waals surface area (Å²) < 4.78 is 1.74. The molecular weight excluding hydrogens is 282 g/mol. The minimum Gasteiger partial charge on any atom is -0.339 e. The highest BCUT2D eigenvalue weighted by Gasteiger charge is 2.18. The number of benzene rings is 1. The molecule has 0 bridgehead atoms. The fraction of sp³-hybridized carbons (Fsp3) is 0.333. The maximum Gasteiger partial charge on any atom is 0.274 e. The second-order valence-electron chi connectivity index (χ2n) is 3.91. The minimum atomic E-state index is -0.0405. The van der Waals surface area contributed by atoms with Gasteiger partial charge in [0.1, 0.15) is 0 Å². The predicted molar refractivity (Wildman–Crippen MR) is 71.5 cm³/mol. The Morgan fingerprint density at radius 2 is 2.18 bits per heavy atom. The number of para-hydroxylation sites is 1. The average Bonchev–Trinajstić information content (AvgIpc) is 2.67. The van der Waals surface area contributed by atoms with Crippen LogP contribution in [0.2, 0.25) is 0 Å². The summed E-state index contributed by atoms with van der Waals surface area (Å²) in [6.07, 6.45) is 0. The van der Waals surface area contributed by atoms with Crippen LogP contribution in [0.1, 0.15) is 10.5 Å². The lowest BCUT2D eigenvalue weighted by molar-refractivity contribution is 0.0799. The van der Waals surface area contributed by atoms with Crippen molar-refractivity contribution in [1.82, 2.24) is 14.7 Å². The molecule has 1 heterocycles. The number of hydrogen-bond acceptors (Lipinski definition) is 2. The highest BCUT2D eigenvalue weighted by Crippen LogP contribution is 2.18. The summed E-state index contributed by atoms with van der Waals surface area (Å²) in [4.78, 5) is 13.9. The summed E-state index contributed by atoms with van der Waals surface area (Å²) in [6.45, 7) is 0.670. The SMILES string of the molecule is CN(CCBr)C(=O)c1nn(C)c2ccccc12. The molecule has 0 N–H and O–H groups in total. The molecular formula is C12H14BrN3O. The molecule has 17 heavy (non-hydrogen) atoms. The number of amides is 1. The van der Waals surface area contributed by atoms with E-state index in [-0.39, 0.29) is 5.91 Å². The molecule has 2 aromatic rings. The van der Waals surface area contributed by atoms with E-state index >= 15 is 0 Å². The van der Waals surface area contributed by atoms with Crippen LogP contribution in [-0.4, -0.2) is 39.5 Å². The first-order chi connectivity index (χ1) is 8.15. The first kappa shape index (κ1) is 12.1. The van der Waals surface area contributed by atoms with E-state index in [2.05, 4.69) is 21.0 Å². The van der Waals surface area contributed by atoms with Crippen molar-refractivity contribution in [1.29, 1.82) is 0 Å². The topological polar surface area (TPSA) is 38.1 Å². The number of fused-ring (bicyclic) bond motifs is 1. The van der Waals surface area contributed by atoms with Gasteiger partial charge >= 0.3 is 0 Å². The molecule has 5 heteroatoms. The van der Waals surface area contributed by atoms with Crippen LogP contribution < -0.4 is 0 Å². The molecule has 0 aliphatic heterocycles. The molecule has 0 saturated heterocycles. The number of carbonyl (C=O) groups excluding carboxylic acids is 1. The van der Waals surface area contributed by atoms with E-state index in [0.717, 1.165) is 16.2 Å². The van der Waals surface area contributed by atoms with Crippen molar-refractivity contribution >= 4 is 32.7 Å². The molecule has 0 atom stereocenters. The third-order valence-corrected chi connectivity index (χ3v) is 3.08. The zero-order valence-electron chi connectivity index (χ0n) is 9.85. The Morgan fingerprint density at radius 1 is 1.47 bits per heavy atom. The van der Waals surface area contributed by atoms with Crippen molar-refractivity contribution in [2.45, 2.75) is 0 Å². The molecule has 0 unspecified atom stereocenters. The smallest absolute Gasteiger partial charge is 0.274 e. The highest BCUT2D eigenvalue weighted by molar-refractivity contribution is 9.09. The van der Waals surface area contributed by atoms with Crippen molar-refractivity contribution in [3.63, 3.8) is 0 Å². The van der Waals surface area contributed by atoms with E-state index in [1.165, 1.54) is 0 Å². The molecule has 2 rings (SSSR count). The van der Waals surface area contributed by atoms with Gasteiger partial charge in [0.15, 0.2) is 5.69 Å². The van der Waals surface area contributed by atoms with Gasteiger partial charge in [-0.1, -0.05) is 34.1 Å². The molecule has 0 saturated carbocycles. The Balaban J connectivity index is 2.45. The minimum absolute atomic E-state index is 0.0405. The van der Waals surface area contributed by atoms with Crippen LogP contribution in [0.5, 0.6) is 0 Å². The quantitative estimate of drug-likeness (QED) is 0.813. The normalized spacial score (nSPS) is 10.8. The van der Waals surface area contributed by atoms with Crippen molar-refractivity contribution in [2.24, 2.45) is 7.05 Å². The van der Waals surface area contributed by atoms with Crippen LogP contribution in [0.25, 0.3) is 10.9 Å². The third kappa shape index (κ3) is 2.20. The maximum absolute atomic E-state index is 12.2. The Kier molecular flexibility index (Phi) is 3.47. The van der Waals surface area contributed by atoms with Crippen LogP contribution in [0.4, 0.5) is 0 Å². The van der Waals surface area contributed by atoms with E-state index < -0.39 is 0 Å². The largest absolute Gasteiger partial charge is 0.339 e. The first-order valence-corrected chi connectivity index (χ1v) is 6.50. The lowest BCUT2D eigenvalue weighted by Crippen LogP contribution is -2.29. The first-order valence-electron chi connectivity index (χ1n) is 5.38.